The molecule has 4 nitrogen and oxygen atoms in total. The number of hydrogen-bond acceptors (Lipinski definition) is 3. The number of hydrogen-bond donors (Lipinski definition) is 1. The summed E-state index contributed by atoms with van der Waals surface area (Å²) >= 11 is 12.8. The number of carbonyl (C=O) groups is 2. The number of rotatable bonds is 1. The molecule has 0 fully saturated rings. The lowest BCUT2D eigenvalue weighted by molar-refractivity contribution is -0.118. The third-order valence-electron chi connectivity index (χ3n) is 5.81. The van der Waals surface area contributed by atoms with Crippen LogP contribution in [0.25, 0.3) is 0 Å². The first kappa shape index (κ1) is 21.0. The largest absolute Gasteiger partial charge is 0.357 e. The highest BCUT2D eigenvalue weighted by Gasteiger charge is 2.43. The Bertz CT molecular complexity index is 1100. The minimum atomic E-state index is -0.624. The van der Waals surface area contributed by atoms with Gasteiger partial charge in [0.25, 0.3) is 0 Å². The first-order valence-electron chi connectivity index (χ1n) is 9.97. The van der Waals surface area contributed by atoms with E-state index >= 15 is 0 Å². The molecule has 1 unspecified atom stereocenters. The minimum absolute atomic E-state index is 0.0291. The third-order valence-corrected chi connectivity index (χ3v) is 6.37. The molecule has 30 heavy (non-hydrogen) atoms. The smallest absolute Gasteiger partial charge is 0.224 e. The van der Waals surface area contributed by atoms with Crippen molar-refractivity contribution in [2.24, 2.45) is 5.41 Å². The summed E-state index contributed by atoms with van der Waals surface area (Å²) in [6.45, 7) is 7.67. The van der Waals surface area contributed by atoms with Gasteiger partial charge in [0.15, 0.2) is 5.78 Å². The van der Waals surface area contributed by atoms with Gasteiger partial charge in [-0.15, -0.1) is 0 Å². The number of benzene rings is 2. The molecule has 2 aromatic rings. The van der Waals surface area contributed by atoms with Crippen LogP contribution in [0.1, 0.15) is 50.8 Å². The van der Waals surface area contributed by atoms with Crippen molar-refractivity contribution in [3.8, 4) is 0 Å². The Morgan fingerprint density at radius 1 is 1.17 bits per heavy atom. The van der Waals surface area contributed by atoms with E-state index < -0.39 is 6.04 Å². The van der Waals surface area contributed by atoms with Gasteiger partial charge in [-0.25, -0.2) is 0 Å². The van der Waals surface area contributed by atoms with Crippen LogP contribution in [-0.4, -0.2) is 11.7 Å². The molecule has 156 valence electrons. The SMILES string of the molecule is CC(=O)N1c2c(C)cccc2NC2=C(C(=O)CC(C)(C)C2)C1c1ccc(Cl)cc1Cl. The number of halogens is 2. The molecule has 1 atom stereocenters. The summed E-state index contributed by atoms with van der Waals surface area (Å²) < 4.78 is 0. The fraction of sp³-hybridized carbons (Fsp3) is 0.333. The average molecular weight is 443 g/mol. The van der Waals surface area contributed by atoms with Crippen LogP contribution >= 0.6 is 23.2 Å². The van der Waals surface area contributed by atoms with E-state index in [0.29, 0.717) is 34.0 Å². The highest BCUT2D eigenvalue weighted by molar-refractivity contribution is 6.35. The van der Waals surface area contributed by atoms with Crippen molar-refractivity contribution in [2.75, 3.05) is 10.2 Å². The summed E-state index contributed by atoms with van der Waals surface area (Å²) in [6, 6.07) is 10.5. The molecule has 0 saturated carbocycles. The van der Waals surface area contributed by atoms with Crippen molar-refractivity contribution in [1.29, 1.82) is 0 Å². The molecule has 1 heterocycles. The first-order chi connectivity index (χ1) is 14.1. The molecular weight excluding hydrogens is 419 g/mol. The normalized spacial score (nSPS) is 20.3. The maximum atomic E-state index is 13.5. The van der Waals surface area contributed by atoms with Crippen molar-refractivity contribution in [2.45, 2.75) is 46.6 Å². The van der Waals surface area contributed by atoms with Crippen molar-refractivity contribution in [1.82, 2.24) is 0 Å². The van der Waals surface area contributed by atoms with Gasteiger partial charge in [0.1, 0.15) is 0 Å². The molecule has 1 aliphatic carbocycles. The molecule has 2 aliphatic rings. The van der Waals surface area contributed by atoms with Crippen LogP contribution in [-0.2, 0) is 9.59 Å². The fourth-order valence-corrected chi connectivity index (χ4v) is 5.13. The number of nitrogens with one attached hydrogen (secondary N) is 1. The van der Waals surface area contributed by atoms with E-state index in [-0.39, 0.29) is 17.1 Å². The lowest BCUT2D eigenvalue weighted by atomic mass is 9.73. The lowest BCUT2D eigenvalue weighted by Gasteiger charge is -2.37. The van der Waals surface area contributed by atoms with E-state index in [1.54, 1.807) is 17.0 Å². The van der Waals surface area contributed by atoms with Crippen LogP contribution in [0.15, 0.2) is 47.7 Å². The zero-order valence-electron chi connectivity index (χ0n) is 17.5. The molecule has 0 bridgehead atoms. The number of ketones is 1. The maximum Gasteiger partial charge on any atom is 0.224 e. The lowest BCUT2D eigenvalue weighted by Crippen LogP contribution is -2.38. The van der Waals surface area contributed by atoms with E-state index in [1.807, 2.05) is 31.2 Å². The van der Waals surface area contributed by atoms with Crippen molar-refractivity contribution in [3.63, 3.8) is 0 Å². The Morgan fingerprint density at radius 2 is 1.90 bits per heavy atom. The van der Waals surface area contributed by atoms with Crippen molar-refractivity contribution < 1.29 is 9.59 Å². The Labute approximate surface area is 186 Å². The number of carbonyl (C=O) groups excluding carboxylic acids is 2. The van der Waals surface area contributed by atoms with Gasteiger partial charge in [0, 0.05) is 34.7 Å². The number of anilines is 2. The van der Waals surface area contributed by atoms with Crippen LogP contribution in [0, 0.1) is 12.3 Å². The van der Waals surface area contributed by atoms with E-state index in [2.05, 4.69) is 19.2 Å². The molecule has 2 aromatic carbocycles. The maximum absolute atomic E-state index is 13.5. The minimum Gasteiger partial charge on any atom is -0.357 e. The summed E-state index contributed by atoms with van der Waals surface area (Å²) in [5, 5.41) is 4.44. The molecule has 0 aromatic heterocycles. The molecule has 0 spiro atoms. The number of fused-ring (bicyclic) bond motifs is 1. The van der Waals surface area contributed by atoms with Gasteiger partial charge >= 0.3 is 0 Å². The van der Waals surface area contributed by atoms with Crippen molar-refractivity contribution >= 4 is 46.3 Å². The number of allylic oxidation sites excluding steroid dienone is 1. The van der Waals surface area contributed by atoms with Gasteiger partial charge in [0.2, 0.25) is 5.91 Å². The molecule has 1 amide bonds. The molecule has 6 heteroatoms. The Morgan fingerprint density at radius 3 is 2.57 bits per heavy atom. The van der Waals surface area contributed by atoms with Gasteiger partial charge in [-0.1, -0.05) is 55.2 Å². The van der Waals surface area contributed by atoms with Gasteiger partial charge in [-0.05, 0) is 48.1 Å². The van der Waals surface area contributed by atoms with Gasteiger partial charge in [-0.3, -0.25) is 14.5 Å². The molecule has 1 N–H and O–H groups in total. The Balaban J connectivity index is 2.07. The molecule has 0 radical (unpaired) electrons. The Hall–Kier alpha value is -2.30. The third kappa shape index (κ3) is 3.52. The zero-order valence-corrected chi connectivity index (χ0v) is 19.0. The van der Waals surface area contributed by atoms with E-state index in [0.717, 1.165) is 22.6 Å². The zero-order chi connectivity index (χ0) is 21.8. The molecule has 0 saturated heterocycles. The number of aryl methyl sites for hydroxylation is 1. The summed E-state index contributed by atoms with van der Waals surface area (Å²) in [6.07, 6.45) is 1.12. The van der Waals surface area contributed by atoms with Crippen LogP contribution in [0.2, 0.25) is 10.0 Å². The quantitative estimate of drug-likeness (QED) is 0.550. The average Bonchev–Trinajstić information content (AvgIpc) is 2.75. The van der Waals surface area contributed by atoms with E-state index in [1.165, 1.54) is 6.92 Å². The highest BCUT2D eigenvalue weighted by Crippen LogP contribution is 2.50. The predicted molar refractivity (Wildman–Crippen MR) is 122 cm³/mol. The number of nitrogens with zero attached hydrogens (tertiary/aromatic N) is 1. The molecular formula is C24H24Cl2N2O2. The van der Waals surface area contributed by atoms with Crippen LogP contribution in [0.5, 0.6) is 0 Å². The van der Waals surface area contributed by atoms with Crippen LogP contribution in [0.4, 0.5) is 11.4 Å². The summed E-state index contributed by atoms with van der Waals surface area (Å²) in [5.74, 6) is -0.128. The second-order valence-electron chi connectivity index (χ2n) is 8.89. The second kappa shape index (κ2) is 7.44. The van der Waals surface area contributed by atoms with Gasteiger partial charge in [0.05, 0.1) is 17.4 Å². The van der Waals surface area contributed by atoms with Gasteiger partial charge in [-0.2, -0.15) is 0 Å². The number of Topliss-reactive ketones (excluding diaryl/α,β-unsaturated/α-hetero) is 1. The first-order valence-corrected chi connectivity index (χ1v) is 10.7. The predicted octanol–water partition coefficient (Wildman–Crippen LogP) is 6.46. The number of para-hydroxylation sites is 1. The topological polar surface area (TPSA) is 49.4 Å². The van der Waals surface area contributed by atoms with Gasteiger partial charge < -0.3 is 5.32 Å². The van der Waals surface area contributed by atoms with Crippen LogP contribution in [0.3, 0.4) is 0 Å². The van der Waals surface area contributed by atoms with Crippen molar-refractivity contribution in [3.05, 3.63) is 68.8 Å². The number of amides is 1. The standard InChI is InChI=1S/C24H24Cl2N2O2/c1-13-6-5-7-18-22(13)28(14(2)29)23(16-9-8-15(25)10-17(16)26)21-19(27-18)11-24(3,4)12-20(21)30/h5-10,23,27H,11-12H2,1-4H3. The molecule has 1 aliphatic heterocycles. The highest BCUT2D eigenvalue weighted by atomic mass is 35.5. The monoisotopic (exact) mass is 442 g/mol. The van der Waals surface area contributed by atoms with E-state index in [9.17, 15) is 9.59 Å². The summed E-state index contributed by atoms with van der Waals surface area (Å²) in [4.78, 5) is 28.2. The second-order valence-corrected chi connectivity index (χ2v) is 9.73. The molecule has 4 rings (SSSR count). The Kier molecular flexibility index (Phi) is 5.19. The summed E-state index contributed by atoms with van der Waals surface area (Å²) in [7, 11) is 0. The van der Waals surface area contributed by atoms with E-state index in [4.69, 9.17) is 23.2 Å². The summed E-state index contributed by atoms with van der Waals surface area (Å²) in [5.41, 5.74) is 4.49. The fourth-order valence-electron chi connectivity index (χ4n) is 4.62. The van der Waals surface area contributed by atoms with Crippen LogP contribution < -0.4 is 10.2 Å².